The third-order valence-corrected chi connectivity index (χ3v) is 3.49. The maximum Gasteiger partial charge on any atom is 0.298 e. The molecule has 1 N–H and O–H groups in total. The summed E-state index contributed by atoms with van der Waals surface area (Å²) in [6, 6.07) is 10.2. The van der Waals surface area contributed by atoms with Gasteiger partial charge in [-0.1, -0.05) is 35.5 Å². The predicted molar refractivity (Wildman–Crippen MR) is 83.4 cm³/mol. The van der Waals surface area contributed by atoms with Gasteiger partial charge in [-0.2, -0.15) is 0 Å². The summed E-state index contributed by atoms with van der Waals surface area (Å²) in [6.07, 6.45) is -3.55. The van der Waals surface area contributed by atoms with E-state index in [1.807, 2.05) is 18.2 Å². The molecule has 1 atom stereocenters. The molecule has 0 aliphatic rings. The number of benzene rings is 1. The molecule has 1 amide bonds. The molecule has 0 saturated carbocycles. The van der Waals surface area contributed by atoms with Crippen molar-refractivity contribution in [3.63, 3.8) is 0 Å². The van der Waals surface area contributed by atoms with Crippen molar-refractivity contribution < 1.29 is 22.8 Å². The molecule has 0 bridgehead atoms. The van der Waals surface area contributed by atoms with Gasteiger partial charge in [0, 0.05) is 12.7 Å². The van der Waals surface area contributed by atoms with E-state index in [0.717, 1.165) is 6.07 Å². The highest BCUT2D eigenvalue weighted by atomic mass is 19.3. The van der Waals surface area contributed by atoms with Crippen LogP contribution in [-0.4, -0.2) is 17.7 Å². The van der Waals surface area contributed by atoms with Crippen LogP contribution in [0, 0.1) is 0 Å². The van der Waals surface area contributed by atoms with E-state index in [1.165, 1.54) is 0 Å². The van der Waals surface area contributed by atoms with Gasteiger partial charge in [-0.3, -0.25) is 4.79 Å². The Kier molecular flexibility index (Phi) is 5.66. The van der Waals surface area contributed by atoms with Gasteiger partial charge in [0.05, 0.1) is 5.54 Å². The Morgan fingerprint density at radius 3 is 2.54 bits per heavy atom. The first-order valence-corrected chi connectivity index (χ1v) is 7.59. The summed E-state index contributed by atoms with van der Waals surface area (Å²) >= 11 is 0. The zero-order chi connectivity index (χ0) is 17.7. The highest BCUT2D eigenvalue weighted by Gasteiger charge is 2.32. The summed E-state index contributed by atoms with van der Waals surface area (Å²) in [4.78, 5) is 12.6. The lowest BCUT2D eigenvalue weighted by Gasteiger charge is -2.27. The Morgan fingerprint density at radius 2 is 2.00 bits per heavy atom. The normalized spacial score (nSPS) is 13.1. The number of amides is 1. The molecule has 1 aromatic heterocycles. The van der Waals surface area contributed by atoms with Gasteiger partial charge in [-0.25, -0.2) is 8.78 Å². The number of carbonyl (C=O) groups is 1. The molecule has 0 radical (unpaired) electrons. The van der Waals surface area contributed by atoms with Crippen LogP contribution in [0.5, 0.6) is 0 Å². The van der Waals surface area contributed by atoms with Gasteiger partial charge in [-0.15, -0.1) is 0 Å². The first-order chi connectivity index (χ1) is 11.3. The minimum Gasteiger partial charge on any atom is -0.364 e. The molecule has 1 heterocycles. The second-order valence-corrected chi connectivity index (χ2v) is 5.78. The van der Waals surface area contributed by atoms with Crippen LogP contribution in [0.1, 0.15) is 50.3 Å². The summed E-state index contributed by atoms with van der Waals surface area (Å²) in [5.41, 5.74) is -0.0618. The quantitative estimate of drug-likeness (QED) is 0.835. The van der Waals surface area contributed by atoms with Crippen molar-refractivity contribution in [1.29, 1.82) is 0 Å². The van der Waals surface area contributed by atoms with Gasteiger partial charge in [0.1, 0.15) is 5.69 Å². The average molecular weight is 338 g/mol. The number of nitrogens with zero attached hydrogens (tertiary/aromatic N) is 1. The molecular weight excluding hydrogens is 318 g/mol. The third-order valence-electron chi connectivity index (χ3n) is 3.49. The molecule has 1 unspecified atom stereocenters. The molecule has 2 rings (SSSR count). The zero-order valence-electron chi connectivity index (χ0n) is 13.8. The highest BCUT2D eigenvalue weighted by molar-refractivity contribution is 5.83. The van der Waals surface area contributed by atoms with Crippen molar-refractivity contribution in [3.05, 3.63) is 53.4 Å². The molecule has 130 valence electrons. The van der Waals surface area contributed by atoms with Crippen molar-refractivity contribution in [1.82, 2.24) is 10.5 Å². The molecular formula is C17H20F2N2O3. The predicted octanol–water partition coefficient (Wildman–Crippen LogP) is 3.74. The number of rotatable bonds is 7. The van der Waals surface area contributed by atoms with Gasteiger partial charge in [0.15, 0.2) is 6.10 Å². The monoisotopic (exact) mass is 338 g/mol. The van der Waals surface area contributed by atoms with E-state index in [4.69, 9.17) is 4.74 Å². The van der Waals surface area contributed by atoms with Crippen LogP contribution in [-0.2, 0) is 15.1 Å². The van der Waals surface area contributed by atoms with Crippen LogP contribution in [0.15, 0.2) is 40.9 Å². The first kappa shape index (κ1) is 18.1. The van der Waals surface area contributed by atoms with Crippen molar-refractivity contribution in [3.8, 4) is 0 Å². The van der Waals surface area contributed by atoms with Crippen LogP contribution in [0.3, 0.4) is 0 Å². The number of carbonyl (C=O) groups excluding carboxylic acids is 1. The van der Waals surface area contributed by atoms with Gasteiger partial charge < -0.3 is 14.6 Å². The molecule has 0 aliphatic heterocycles. The van der Waals surface area contributed by atoms with E-state index >= 15 is 0 Å². The molecule has 5 nitrogen and oxygen atoms in total. The standard InChI is InChI=1S/C17H20F2N2O3/c1-4-23-14(11-8-6-5-7-9-11)16(22)20-17(2,3)13-10-12(15(18)19)24-21-13/h5-10,14-15H,4H2,1-3H3,(H,20,22). The lowest BCUT2D eigenvalue weighted by molar-refractivity contribution is -0.134. The van der Waals surface area contributed by atoms with Crippen molar-refractivity contribution in [2.75, 3.05) is 6.61 Å². The minimum atomic E-state index is -2.75. The maximum atomic E-state index is 12.6. The molecule has 1 aromatic carbocycles. The van der Waals surface area contributed by atoms with Crippen molar-refractivity contribution >= 4 is 5.91 Å². The maximum absolute atomic E-state index is 12.6. The first-order valence-electron chi connectivity index (χ1n) is 7.59. The van der Waals surface area contributed by atoms with E-state index in [9.17, 15) is 13.6 Å². The smallest absolute Gasteiger partial charge is 0.298 e. The van der Waals surface area contributed by atoms with Gasteiger partial charge in [0.2, 0.25) is 5.76 Å². The lowest BCUT2D eigenvalue weighted by atomic mass is 9.99. The fourth-order valence-corrected chi connectivity index (χ4v) is 2.24. The number of ether oxygens (including phenoxy) is 1. The summed E-state index contributed by atoms with van der Waals surface area (Å²) in [5.74, 6) is -0.911. The Balaban J connectivity index is 2.18. The van der Waals surface area contributed by atoms with Crippen molar-refractivity contribution in [2.24, 2.45) is 0 Å². The Hall–Kier alpha value is -2.28. The lowest BCUT2D eigenvalue weighted by Crippen LogP contribution is -2.44. The third kappa shape index (κ3) is 4.17. The highest BCUT2D eigenvalue weighted by Crippen LogP contribution is 2.27. The second-order valence-electron chi connectivity index (χ2n) is 5.78. The summed E-state index contributed by atoms with van der Waals surface area (Å²) in [5, 5.41) is 6.41. The summed E-state index contributed by atoms with van der Waals surface area (Å²) in [7, 11) is 0. The summed E-state index contributed by atoms with van der Waals surface area (Å²) < 4.78 is 35.4. The molecule has 7 heteroatoms. The summed E-state index contributed by atoms with van der Waals surface area (Å²) in [6.45, 7) is 5.46. The Bertz CT molecular complexity index is 671. The largest absolute Gasteiger partial charge is 0.364 e. The van der Waals surface area contributed by atoms with Crippen LogP contribution >= 0.6 is 0 Å². The van der Waals surface area contributed by atoms with E-state index < -0.39 is 23.8 Å². The van der Waals surface area contributed by atoms with E-state index in [1.54, 1.807) is 32.9 Å². The molecule has 0 saturated heterocycles. The molecule has 2 aromatic rings. The molecule has 24 heavy (non-hydrogen) atoms. The molecule has 0 aliphatic carbocycles. The van der Waals surface area contributed by atoms with Gasteiger partial charge >= 0.3 is 0 Å². The Labute approximate surface area is 139 Å². The van der Waals surface area contributed by atoms with E-state index in [-0.39, 0.29) is 11.6 Å². The molecule has 0 fully saturated rings. The van der Waals surface area contributed by atoms with Crippen LogP contribution in [0.4, 0.5) is 8.78 Å². The number of nitrogens with one attached hydrogen (secondary N) is 1. The number of halogens is 2. The van der Waals surface area contributed by atoms with Crippen LogP contribution in [0.2, 0.25) is 0 Å². The fourth-order valence-electron chi connectivity index (χ4n) is 2.24. The minimum absolute atomic E-state index is 0.217. The SMILES string of the molecule is CCOC(C(=O)NC(C)(C)c1cc(C(F)F)on1)c1ccccc1. The van der Waals surface area contributed by atoms with Crippen LogP contribution < -0.4 is 5.32 Å². The Morgan fingerprint density at radius 1 is 1.33 bits per heavy atom. The van der Waals surface area contributed by atoms with E-state index in [0.29, 0.717) is 12.2 Å². The second kappa shape index (κ2) is 7.53. The van der Waals surface area contributed by atoms with Gasteiger partial charge in [-0.05, 0) is 26.3 Å². The number of hydrogen-bond donors (Lipinski definition) is 1. The van der Waals surface area contributed by atoms with Gasteiger partial charge in [0.25, 0.3) is 12.3 Å². The number of hydrogen-bond acceptors (Lipinski definition) is 4. The van der Waals surface area contributed by atoms with Crippen molar-refractivity contribution in [2.45, 2.75) is 38.8 Å². The fraction of sp³-hybridized carbons (Fsp3) is 0.412. The van der Waals surface area contributed by atoms with Crippen LogP contribution in [0.25, 0.3) is 0 Å². The average Bonchev–Trinajstić information content (AvgIpc) is 3.04. The van der Waals surface area contributed by atoms with E-state index in [2.05, 4.69) is 15.0 Å². The number of aromatic nitrogens is 1. The molecule has 0 spiro atoms. The number of alkyl halides is 2. The topological polar surface area (TPSA) is 64.4 Å². The zero-order valence-corrected chi connectivity index (χ0v) is 13.8.